The number of aromatic amines is 1. The van der Waals surface area contributed by atoms with Crippen molar-refractivity contribution in [3.63, 3.8) is 0 Å². The van der Waals surface area contributed by atoms with E-state index in [2.05, 4.69) is 27.2 Å². The molecule has 0 saturated heterocycles. The highest BCUT2D eigenvalue weighted by atomic mass is 35.5. The third-order valence-corrected chi connectivity index (χ3v) is 3.64. The van der Waals surface area contributed by atoms with Gasteiger partial charge in [0.25, 0.3) is 5.56 Å². The Morgan fingerprint density at radius 2 is 2.05 bits per heavy atom. The average Bonchev–Trinajstić information content (AvgIpc) is 3.06. The molecule has 5 nitrogen and oxygen atoms in total. The first-order chi connectivity index (χ1) is 9.31. The second-order valence-electron chi connectivity index (χ2n) is 4.84. The molecule has 0 unspecified atom stereocenters. The topological polar surface area (TPSA) is 63.0 Å². The molecule has 0 atom stereocenters. The molecule has 20 heavy (non-hydrogen) atoms. The lowest BCUT2D eigenvalue weighted by Gasteiger charge is -2.04. The van der Waals surface area contributed by atoms with Gasteiger partial charge in [-0.1, -0.05) is 12.1 Å². The molecule has 0 radical (unpaired) electrons. The molecule has 102 valence electrons. The zero-order valence-corrected chi connectivity index (χ0v) is 11.5. The molecule has 3 aromatic rings. The Bertz CT molecular complexity index is 837. The van der Waals surface area contributed by atoms with Crippen LogP contribution in [0.4, 0.5) is 0 Å². The third kappa shape index (κ3) is 1.91. The van der Waals surface area contributed by atoms with Crippen LogP contribution in [0.15, 0.2) is 35.4 Å². The maximum Gasteiger partial charge on any atom is 0.294 e. The number of halogens is 1. The fourth-order valence-corrected chi connectivity index (χ4v) is 2.69. The van der Waals surface area contributed by atoms with Crippen LogP contribution in [0.3, 0.4) is 0 Å². The summed E-state index contributed by atoms with van der Waals surface area (Å²) in [4.78, 5) is 18.7. The van der Waals surface area contributed by atoms with Crippen molar-refractivity contribution in [1.82, 2.24) is 19.6 Å². The van der Waals surface area contributed by atoms with E-state index in [1.165, 1.54) is 22.1 Å². The van der Waals surface area contributed by atoms with E-state index in [4.69, 9.17) is 0 Å². The zero-order valence-electron chi connectivity index (χ0n) is 10.7. The van der Waals surface area contributed by atoms with Crippen molar-refractivity contribution in [1.29, 1.82) is 0 Å². The van der Waals surface area contributed by atoms with Crippen molar-refractivity contribution in [3.05, 3.63) is 52.1 Å². The number of aryl methyl sites for hydroxylation is 2. The summed E-state index contributed by atoms with van der Waals surface area (Å²) in [5.41, 5.74) is 3.84. The maximum atomic E-state index is 11.9. The minimum absolute atomic E-state index is 0. The van der Waals surface area contributed by atoms with Crippen LogP contribution in [-0.2, 0) is 12.8 Å². The zero-order chi connectivity index (χ0) is 12.8. The molecule has 6 heteroatoms. The van der Waals surface area contributed by atoms with E-state index in [0.717, 1.165) is 18.4 Å². The first-order valence-corrected chi connectivity index (χ1v) is 6.37. The average molecular weight is 289 g/mol. The van der Waals surface area contributed by atoms with Gasteiger partial charge in [-0.05, 0) is 36.5 Å². The van der Waals surface area contributed by atoms with Crippen molar-refractivity contribution in [2.45, 2.75) is 19.3 Å². The lowest BCUT2D eigenvalue weighted by molar-refractivity contribution is 0.892. The fourth-order valence-electron chi connectivity index (χ4n) is 2.69. The summed E-state index contributed by atoms with van der Waals surface area (Å²) >= 11 is 0. The Kier molecular flexibility index (Phi) is 3.06. The third-order valence-electron chi connectivity index (χ3n) is 3.64. The summed E-state index contributed by atoms with van der Waals surface area (Å²) in [6, 6.07) is 6.28. The number of hydrogen-bond acceptors (Lipinski definition) is 3. The number of imidazole rings is 1. The van der Waals surface area contributed by atoms with Gasteiger partial charge >= 0.3 is 0 Å². The number of fused-ring (bicyclic) bond motifs is 2. The number of H-pyrrole nitrogens is 1. The van der Waals surface area contributed by atoms with E-state index in [-0.39, 0.29) is 18.0 Å². The molecular formula is C14H13ClN4O. The number of benzene rings is 1. The summed E-state index contributed by atoms with van der Waals surface area (Å²) in [5, 5.41) is 4.39. The molecule has 2 aromatic heterocycles. The second-order valence-corrected chi connectivity index (χ2v) is 4.84. The van der Waals surface area contributed by atoms with Gasteiger partial charge in [0.2, 0.25) is 5.65 Å². The Hall–Kier alpha value is -2.14. The molecule has 0 spiro atoms. The maximum absolute atomic E-state index is 11.9. The monoisotopic (exact) mass is 288 g/mol. The van der Waals surface area contributed by atoms with E-state index in [1.54, 1.807) is 12.4 Å². The number of hydrogen-bond donors (Lipinski definition) is 1. The molecule has 1 aromatic carbocycles. The minimum Gasteiger partial charge on any atom is -0.302 e. The van der Waals surface area contributed by atoms with E-state index < -0.39 is 0 Å². The van der Waals surface area contributed by atoms with Gasteiger partial charge in [0.05, 0.1) is 0 Å². The lowest BCUT2D eigenvalue weighted by Crippen LogP contribution is -2.14. The first kappa shape index (κ1) is 12.9. The molecule has 1 aliphatic rings. The normalized spacial score (nSPS) is 13.2. The van der Waals surface area contributed by atoms with Crippen molar-refractivity contribution < 1.29 is 0 Å². The van der Waals surface area contributed by atoms with Crippen LogP contribution in [0.1, 0.15) is 17.5 Å². The van der Waals surface area contributed by atoms with E-state index in [0.29, 0.717) is 11.5 Å². The summed E-state index contributed by atoms with van der Waals surface area (Å²) in [7, 11) is 0. The van der Waals surface area contributed by atoms with Crippen molar-refractivity contribution >= 4 is 18.1 Å². The highest BCUT2D eigenvalue weighted by Gasteiger charge is 2.13. The number of aromatic nitrogens is 4. The van der Waals surface area contributed by atoms with Gasteiger partial charge in [-0.2, -0.15) is 0 Å². The van der Waals surface area contributed by atoms with Crippen molar-refractivity contribution in [3.8, 4) is 11.4 Å². The summed E-state index contributed by atoms with van der Waals surface area (Å²) < 4.78 is 1.52. The SMILES string of the molecule is Cl.O=c1[nH]c(-c2ccc3c(c2)CCC3)nn2ccnc12. The van der Waals surface area contributed by atoms with Crippen molar-refractivity contribution in [2.75, 3.05) is 0 Å². The van der Waals surface area contributed by atoms with Gasteiger partial charge in [0.15, 0.2) is 5.82 Å². The van der Waals surface area contributed by atoms with Crippen LogP contribution in [-0.4, -0.2) is 19.6 Å². The summed E-state index contributed by atoms with van der Waals surface area (Å²) in [5.74, 6) is 0.588. The highest BCUT2D eigenvalue weighted by molar-refractivity contribution is 5.85. The molecule has 0 aliphatic heterocycles. The molecule has 1 aliphatic carbocycles. The second kappa shape index (κ2) is 4.76. The fraction of sp³-hybridized carbons (Fsp3) is 0.214. The van der Waals surface area contributed by atoms with Crippen molar-refractivity contribution in [2.24, 2.45) is 0 Å². The Morgan fingerprint density at radius 3 is 2.95 bits per heavy atom. The van der Waals surface area contributed by atoms with E-state index >= 15 is 0 Å². The van der Waals surface area contributed by atoms with Crippen LogP contribution < -0.4 is 5.56 Å². The molecule has 0 saturated carbocycles. The largest absolute Gasteiger partial charge is 0.302 e. The van der Waals surface area contributed by atoms with Gasteiger partial charge in [-0.15, -0.1) is 17.5 Å². The predicted octanol–water partition coefficient (Wildman–Crippen LogP) is 2.00. The number of rotatable bonds is 1. The highest BCUT2D eigenvalue weighted by Crippen LogP contribution is 2.26. The van der Waals surface area contributed by atoms with Crippen LogP contribution in [0.2, 0.25) is 0 Å². The van der Waals surface area contributed by atoms with Gasteiger partial charge in [-0.25, -0.2) is 9.50 Å². The molecule has 0 bridgehead atoms. The summed E-state index contributed by atoms with van der Waals surface area (Å²) in [6.07, 6.45) is 6.73. The smallest absolute Gasteiger partial charge is 0.294 e. The van der Waals surface area contributed by atoms with Crippen LogP contribution >= 0.6 is 12.4 Å². The van der Waals surface area contributed by atoms with Gasteiger partial charge in [0, 0.05) is 18.0 Å². The van der Waals surface area contributed by atoms with Crippen LogP contribution in [0.5, 0.6) is 0 Å². The first-order valence-electron chi connectivity index (χ1n) is 6.37. The Balaban J connectivity index is 0.00000121. The van der Waals surface area contributed by atoms with Crippen LogP contribution in [0.25, 0.3) is 17.0 Å². The Labute approximate surface area is 121 Å². The number of nitrogens with zero attached hydrogens (tertiary/aromatic N) is 3. The lowest BCUT2D eigenvalue weighted by atomic mass is 10.1. The standard InChI is InChI=1S/C14H12N4O.ClH/c19-14-13-15-6-7-18(13)17-12(16-14)11-5-4-9-2-1-3-10(9)8-11;/h4-8H,1-3H2,(H,16,17,19);1H. The van der Waals surface area contributed by atoms with E-state index in [9.17, 15) is 4.79 Å². The number of nitrogens with one attached hydrogen (secondary N) is 1. The van der Waals surface area contributed by atoms with Crippen LogP contribution in [0, 0.1) is 0 Å². The minimum atomic E-state index is -0.213. The molecule has 2 heterocycles. The van der Waals surface area contributed by atoms with E-state index in [1.807, 2.05) is 6.07 Å². The molecule has 1 N–H and O–H groups in total. The molecular weight excluding hydrogens is 276 g/mol. The summed E-state index contributed by atoms with van der Waals surface area (Å²) in [6.45, 7) is 0. The molecule has 0 fully saturated rings. The Morgan fingerprint density at radius 1 is 1.20 bits per heavy atom. The van der Waals surface area contributed by atoms with Gasteiger partial charge in [-0.3, -0.25) is 4.79 Å². The predicted molar refractivity (Wildman–Crippen MR) is 78.3 cm³/mol. The van der Waals surface area contributed by atoms with Gasteiger partial charge < -0.3 is 4.98 Å². The quantitative estimate of drug-likeness (QED) is 0.745. The molecule has 4 rings (SSSR count). The molecule has 0 amide bonds. The van der Waals surface area contributed by atoms with Gasteiger partial charge in [0.1, 0.15) is 0 Å².